The van der Waals surface area contributed by atoms with E-state index in [9.17, 15) is 14.4 Å². The fourth-order valence-corrected chi connectivity index (χ4v) is 3.87. The van der Waals surface area contributed by atoms with E-state index in [1.165, 1.54) is 23.9 Å². The van der Waals surface area contributed by atoms with Gasteiger partial charge >= 0.3 is 0 Å². The molecule has 0 heterocycles. The van der Waals surface area contributed by atoms with Crippen LogP contribution in [0.5, 0.6) is 0 Å². The highest BCUT2D eigenvalue weighted by Crippen LogP contribution is 2.34. The lowest BCUT2D eigenvalue weighted by Crippen LogP contribution is -2.52. The zero-order valence-corrected chi connectivity index (χ0v) is 13.8. The number of carbonyl (C=O) groups excluding carboxylic acids is 1. The summed E-state index contributed by atoms with van der Waals surface area (Å²) in [6.07, 6.45) is 4.61. The first-order chi connectivity index (χ1) is 10.5. The van der Waals surface area contributed by atoms with Gasteiger partial charge in [0.2, 0.25) is 5.91 Å². The Labute approximate surface area is 135 Å². The van der Waals surface area contributed by atoms with E-state index in [0.29, 0.717) is 0 Å². The highest BCUT2D eigenvalue weighted by atomic mass is 32.2. The molecule has 1 aliphatic carbocycles. The molecule has 0 aliphatic heterocycles. The lowest BCUT2D eigenvalue weighted by molar-refractivity contribution is -0.133. The highest BCUT2D eigenvalue weighted by Gasteiger charge is 2.40. The van der Waals surface area contributed by atoms with Gasteiger partial charge in [-0.25, -0.2) is 4.39 Å². The Morgan fingerprint density at radius 3 is 2.45 bits per heavy atom. The van der Waals surface area contributed by atoms with Gasteiger partial charge in [-0.2, -0.15) is 5.26 Å². The smallest absolute Gasteiger partial charge is 0.236 e. The average molecular weight is 320 g/mol. The molecular formula is C17H21FN2OS. The molecule has 1 aliphatic rings. The molecule has 1 aromatic rings. The van der Waals surface area contributed by atoms with E-state index in [0.717, 1.165) is 37.0 Å². The number of benzene rings is 1. The Balaban J connectivity index is 2.05. The van der Waals surface area contributed by atoms with Gasteiger partial charge in [-0.05, 0) is 44.0 Å². The van der Waals surface area contributed by atoms with Gasteiger partial charge in [-0.1, -0.05) is 19.3 Å². The molecule has 0 unspecified atom stereocenters. The third kappa shape index (κ3) is 3.61. The monoisotopic (exact) mass is 320 g/mol. The second kappa shape index (κ2) is 7.15. The van der Waals surface area contributed by atoms with Crippen LogP contribution in [0.1, 0.15) is 39.0 Å². The van der Waals surface area contributed by atoms with E-state index < -0.39 is 5.54 Å². The van der Waals surface area contributed by atoms with Crippen LogP contribution in [-0.4, -0.2) is 28.6 Å². The standard InChI is InChI=1S/C17H21FN2OS/c1-13(22-15-8-6-14(18)7-9-15)16(21)20(2)17(12-19)10-4-3-5-11-17/h6-9,13H,3-5,10-11H2,1-2H3/t13-/m1/s1. The number of nitrogens with zero attached hydrogens (tertiary/aromatic N) is 2. The molecule has 1 amide bonds. The van der Waals surface area contributed by atoms with Crippen LogP contribution in [0.25, 0.3) is 0 Å². The lowest BCUT2D eigenvalue weighted by Gasteiger charge is -2.40. The first kappa shape index (κ1) is 16.8. The highest BCUT2D eigenvalue weighted by molar-refractivity contribution is 8.00. The largest absolute Gasteiger partial charge is 0.326 e. The molecular weight excluding hydrogens is 299 g/mol. The second-order valence-electron chi connectivity index (χ2n) is 5.82. The van der Waals surface area contributed by atoms with E-state index in [1.807, 2.05) is 6.92 Å². The molecule has 1 atom stereocenters. The third-order valence-corrected chi connectivity index (χ3v) is 5.44. The van der Waals surface area contributed by atoms with Gasteiger partial charge < -0.3 is 4.90 Å². The molecule has 0 saturated heterocycles. The number of nitriles is 1. The molecule has 2 rings (SSSR count). The topological polar surface area (TPSA) is 44.1 Å². The van der Waals surface area contributed by atoms with Crippen molar-refractivity contribution in [3.05, 3.63) is 30.1 Å². The van der Waals surface area contributed by atoms with Crippen molar-refractivity contribution < 1.29 is 9.18 Å². The number of amides is 1. The van der Waals surface area contributed by atoms with E-state index in [2.05, 4.69) is 6.07 Å². The number of hydrogen-bond acceptors (Lipinski definition) is 3. The summed E-state index contributed by atoms with van der Waals surface area (Å²) >= 11 is 1.39. The summed E-state index contributed by atoms with van der Waals surface area (Å²) in [6.45, 7) is 1.83. The van der Waals surface area contributed by atoms with Crippen LogP contribution in [0.15, 0.2) is 29.2 Å². The normalized spacial score (nSPS) is 18.3. The molecule has 1 aromatic carbocycles. The van der Waals surface area contributed by atoms with Crippen molar-refractivity contribution in [3.63, 3.8) is 0 Å². The quantitative estimate of drug-likeness (QED) is 0.788. The first-order valence-electron chi connectivity index (χ1n) is 7.60. The van der Waals surface area contributed by atoms with Crippen molar-refractivity contribution in [2.24, 2.45) is 0 Å². The molecule has 0 spiro atoms. The predicted octanol–water partition coefficient (Wildman–Crippen LogP) is 3.99. The molecule has 5 heteroatoms. The Hall–Kier alpha value is -1.54. The maximum absolute atomic E-state index is 12.9. The van der Waals surface area contributed by atoms with Crippen LogP contribution in [0, 0.1) is 17.1 Å². The maximum Gasteiger partial charge on any atom is 0.236 e. The zero-order valence-electron chi connectivity index (χ0n) is 13.0. The van der Waals surface area contributed by atoms with Crippen LogP contribution in [0.2, 0.25) is 0 Å². The SMILES string of the molecule is C[C@@H](Sc1ccc(F)cc1)C(=O)N(C)C1(C#N)CCCCC1. The van der Waals surface area contributed by atoms with Crippen LogP contribution in [0.3, 0.4) is 0 Å². The summed E-state index contributed by atoms with van der Waals surface area (Å²) in [5, 5.41) is 9.27. The van der Waals surface area contributed by atoms with E-state index in [-0.39, 0.29) is 17.0 Å². The van der Waals surface area contributed by atoms with Gasteiger partial charge in [-0.15, -0.1) is 11.8 Å². The van der Waals surface area contributed by atoms with E-state index in [4.69, 9.17) is 0 Å². The van der Waals surface area contributed by atoms with Gasteiger partial charge in [0.05, 0.1) is 11.3 Å². The Morgan fingerprint density at radius 1 is 1.32 bits per heavy atom. The molecule has 0 radical (unpaired) electrons. The van der Waals surface area contributed by atoms with E-state index in [1.54, 1.807) is 24.1 Å². The van der Waals surface area contributed by atoms with Crippen molar-refractivity contribution in [3.8, 4) is 6.07 Å². The van der Waals surface area contributed by atoms with Crippen molar-refractivity contribution in [1.82, 2.24) is 4.90 Å². The third-order valence-electron chi connectivity index (χ3n) is 4.34. The van der Waals surface area contributed by atoms with Crippen molar-refractivity contribution in [1.29, 1.82) is 5.26 Å². The number of thioether (sulfide) groups is 1. The first-order valence-corrected chi connectivity index (χ1v) is 8.48. The summed E-state index contributed by atoms with van der Waals surface area (Å²) in [6, 6.07) is 8.49. The Kier molecular flexibility index (Phi) is 5.47. The molecule has 118 valence electrons. The fraction of sp³-hybridized carbons (Fsp3) is 0.529. The fourth-order valence-electron chi connectivity index (χ4n) is 2.91. The molecule has 0 N–H and O–H groups in total. The zero-order chi connectivity index (χ0) is 16.2. The van der Waals surface area contributed by atoms with Crippen molar-refractivity contribution in [2.45, 2.75) is 54.7 Å². The summed E-state index contributed by atoms with van der Waals surface area (Å²) in [5.41, 5.74) is -0.660. The number of halogens is 1. The Morgan fingerprint density at radius 2 is 1.91 bits per heavy atom. The summed E-state index contributed by atoms with van der Waals surface area (Å²) in [4.78, 5) is 15.1. The summed E-state index contributed by atoms with van der Waals surface area (Å²) in [7, 11) is 1.73. The predicted molar refractivity (Wildman–Crippen MR) is 85.9 cm³/mol. The van der Waals surface area contributed by atoms with Crippen LogP contribution >= 0.6 is 11.8 Å². The lowest BCUT2D eigenvalue weighted by atomic mass is 9.81. The number of rotatable bonds is 4. The minimum Gasteiger partial charge on any atom is -0.326 e. The number of carbonyl (C=O) groups is 1. The summed E-state index contributed by atoms with van der Waals surface area (Å²) in [5.74, 6) is -0.330. The average Bonchev–Trinajstić information content (AvgIpc) is 2.56. The van der Waals surface area contributed by atoms with Gasteiger partial charge in [-0.3, -0.25) is 4.79 Å². The molecule has 22 heavy (non-hydrogen) atoms. The molecule has 1 saturated carbocycles. The molecule has 0 bridgehead atoms. The van der Waals surface area contributed by atoms with Crippen LogP contribution in [0.4, 0.5) is 4.39 Å². The van der Waals surface area contributed by atoms with Crippen molar-refractivity contribution >= 4 is 17.7 Å². The van der Waals surface area contributed by atoms with E-state index >= 15 is 0 Å². The minimum atomic E-state index is -0.660. The van der Waals surface area contributed by atoms with Crippen molar-refractivity contribution in [2.75, 3.05) is 7.05 Å². The summed E-state index contributed by atoms with van der Waals surface area (Å²) < 4.78 is 12.9. The maximum atomic E-state index is 12.9. The molecule has 1 fully saturated rings. The second-order valence-corrected chi connectivity index (χ2v) is 7.23. The Bertz CT molecular complexity index is 561. The number of hydrogen-bond donors (Lipinski definition) is 0. The minimum absolute atomic E-state index is 0.0437. The van der Waals surface area contributed by atoms with Gasteiger partial charge in [0.15, 0.2) is 0 Å². The van der Waals surface area contributed by atoms with Gasteiger partial charge in [0, 0.05) is 11.9 Å². The molecule has 3 nitrogen and oxygen atoms in total. The van der Waals surface area contributed by atoms with Crippen LogP contribution < -0.4 is 0 Å². The van der Waals surface area contributed by atoms with Crippen LogP contribution in [-0.2, 0) is 4.79 Å². The van der Waals surface area contributed by atoms with Gasteiger partial charge in [0.1, 0.15) is 11.4 Å². The van der Waals surface area contributed by atoms with Gasteiger partial charge in [0.25, 0.3) is 0 Å². The molecule has 0 aromatic heterocycles.